The third kappa shape index (κ3) is 6.22. The van der Waals surface area contributed by atoms with Crippen LogP contribution >= 0.6 is 0 Å². The summed E-state index contributed by atoms with van der Waals surface area (Å²) in [4.78, 5) is 12.1. The Balaban J connectivity index is 2.61. The minimum Gasteiger partial charge on any atom is -0.444 e. The van der Waals surface area contributed by atoms with E-state index in [-0.39, 0.29) is 11.6 Å². The van der Waals surface area contributed by atoms with Gasteiger partial charge in [0.2, 0.25) is 0 Å². The number of carbonyl (C=O) groups excluding carboxylic acids is 1. The molecule has 0 aromatic carbocycles. The van der Waals surface area contributed by atoms with E-state index >= 15 is 0 Å². The molecule has 1 rings (SSSR count). The maximum atomic E-state index is 12.1. The normalized spacial score (nSPS) is 12.3. The molecule has 0 fully saturated rings. The first kappa shape index (κ1) is 19.5. The van der Waals surface area contributed by atoms with Gasteiger partial charge in [-0.2, -0.15) is 5.10 Å². The van der Waals surface area contributed by atoms with E-state index in [0.717, 1.165) is 31.6 Å². The van der Waals surface area contributed by atoms with Crippen LogP contribution in [0.5, 0.6) is 0 Å². The molecule has 23 heavy (non-hydrogen) atoms. The molecule has 2 N–H and O–H groups in total. The van der Waals surface area contributed by atoms with Crippen LogP contribution in [0.1, 0.15) is 60.1 Å². The summed E-state index contributed by atoms with van der Waals surface area (Å²) in [6, 6.07) is 2.01. The molecule has 1 aromatic heterocycles. The molecule has 132 valence electrons. The monoisotopic (exact) mass is 324 g/mol. The molecule has 0 saturated carbocycles. The van der Waals surface area contributed by atoms with Crippen molar-refractivity contribution < 1.29 is 9.53 Å². The van der Waals surface area contributed by atoms with E-state index in [1.807, 2.05) is 37.7 Å². The Morgan fingerprint density at radius 1 is 1.26 bits per heavy atom. The molecular weight excluding hydrogens is 292 g/mol. The first-order valence-corrected chi connectivity index (χ1v) is 8.48. The number of alkyl carbamates (subject to hydrolysis) is 1. The van der Waals surface area contributed by atoms with Gasteiger partial charge in [0.15, 0.2) is 0 Å². The number of ether oxygens (including phenoxy) is 1. The van der Waals surface area contributed by atoms with E-state index in [2.05, 4.69) is 36.5 Å². The predicted octanol–water partition coefficient (Wildman–Crippen LogP) is 3.08. The Hall–Kier alpha value is -1.56. The fourth-order valence-corrected chi connectivity index (χ4v) is 2.47. The highest BCUT2D eigenvalue weighted by atomic mass is 16.6. The smallest absolute Gasteiger partial charge is 0.408 e. The Morgan fingerprint density at radius 2 is 1.91 bits per heavy atom. The van der Waals surface area contributed by atoms with Crippen molar-refractivity contribution in [1.29, 1.82) is 0 Å². The number of rotatable bonds is 8. The Kier molecular flexibility index (Phi) is 7.06. The van der Waals surface area contributed by atoms with Crippen LogP contribution in [-0.2, 0) is 17.8 Å². The van der Waals surface area contributed by atoms with Gasteiger partial charge in [0.25, 0.3) is 0 Å². The second kappa shape index (κ2) is 8.34. The first-order valence-electron chi connectivity index (χ1n) is 8.48. The second-order valence-corrected chi connectivity index (χ2v) is 6.86. The van der Waals surface area contributed by atoms with Crippen molar-refractivity contribution in [3.8, 4) is 0 Å². The molecule has 0 atom stereocenters. The topological polar surface area (TPSA) is 68.2 Å². The zero-order chi connectivity index (χ0) is 17.5. The summed E-state index contributed by atoms with van der Waals surface area (Å²) >= 11 is 0. The molecule has 0 bridgehead atoms. The molecule has 1 heterocycles. The summed E-state index contributed by atoms with van der Waals surface area (Å²) in [5.41, 5.74) is 0.350. The van der Waals surface area contributed by atoms with E-state index in [4.69, 9.17) is 4.74 Å². The van der Waals surface area contributed by atoms with E-state index in [1.54, 1.807) is 0 Å². The lowest BCUT2D eigenvalue weighted by Gasteiger charge is -2.34. The van der Waals surface area contributed by atoms with Crippen LogP contribution in [-0.4, -0.2) is 33.6 Å². The summed E-state index contributed by atoms with van der Waals surface area (Å²) < 4.78 is 7.36. The number of hydrogen-bond donors (Lipinski definition) is 2. The largest absolute Gasteiger partial charge is 0.444 e. The van der Waals surface area contributed by atoms with Gasteiger partial charge in [0.1, 0.15) is 5.60 Å². The van der Waals surface area contributed by atoms with E-state index < -0.39 is 5.60 Å². The number of nitrogens with one attached hydrogen (secondary N) is 2. The van der Waals surface area contributed by atoms with Gasteiger partial charge in [0.05, 0.1) is 11.2 Å². The van der Waals surface area contributed by atoms with Crippen molar-refractivity contribution in [2.75, 3.05) is 6.54 Å². The number of aryl methyl sites for hydroxylation is 1. The minimum absolute atomic E-state index is 0.306. The number of amides is 1. The molecule has 6 nitrogen and oxygen atoms in total. The zero-order valence-corrected chi connectivity index (χ0v) is 15.4. The van der Waals surface area contributed by atoms with Gasteiger partial charge < -0.3 is 15.4 Å². The second-order valence-electron chi connectivity index (χ2n) is 6.86. The first-order chi connectivity index (χ1) is 10.7. The SMILES string of the molecule is CCn1nccc1CNCC(CC)(CC)NC(=O)OC(C)(C)C. The zero-order valence-electron chi connectivity index (χ0n) is 15.4. The number of hydrogen-bond acceptors (Lipinski definition) is 4. The molecule has 0 aliphatic carbocycles. The third-order valence-electron chi connectivity index (χ3n) is 3.99. The van der Waals surface area contributed by atoms with E-state index in [0.29, 0.717) is 6.54 Å². The molecule has 0 saturated heterocycles. The summed E-state index contributed by atoms with van der Waals surface area (Å²) in [7, 11) is 0. The molecule has 0 aliphatic rings. The third-order valence-corrected chi connectivity index (χ3v) is 3.99. The van der Waals surface area contributed by atoms with Crippen LogP contribution in [0.2, 0.25) is 0 Å². The lowest BCUT2D eigenvalue weighted by molar-refractivity contribution is 0.0445. The summed E-state index contributed by atoms with van der Waals surface area (Å²) in [6.45, 7) is 14.1. The highest BCUT2D eigenvalue weighted by Crippen LogP contribution is 2.16. The minimum atomic E-state index is -0.488. The van der Waals surface area contributed by atoms with Crippen molar-refractivity contribution in [2.24, 2.45) is 0 Å². The molecule has 1 aromatic rings. The predicted molar refractivity (Wildman–Crippen MR) is 92.3 cm³/mol. The van der Waals surface area contributed by atoms with Crippen LogP contribution in [0.25, 0.3) is 0 Å². The molecule has 0 spiro atoms. The maximum Gasteiger partial charge on any atom is 0.408 e. The molecular formula is C17H32N4O2. The summed E-state index contributed by atoms with van der Waals surface area (Å²) in [5.74, 6) is 0. The van der Waals surface area contributed by atoms with Crippen molar-refractivity contribution in [1.82, 2.24) is 20.4 Å². The van der Waals surface area contributed by atoms with Crippen LogP contribution < -0.4 is 10.6 Å². The van der Waals surface area contributed by atoms with E-state index in [1.165, 1.54) is 0 Å². The fourth-order valence-electron chi connectivity index (χ4n) is 2.47. The number of carbonyl (C=O) groups is 1. The summed E-state index contributed by atoms with van der Waals surface area (Å²) in [5, 5.41) is 10.8. The molecule has 0 aliphatic heterocycles. The molecule has 0 unspecified atom stereocenters. The molecule has 1 amide bonds. The highest BCUT2D eigenvalue weighted by Gasteiger charge is 2.30. The van der Waals surface area contributed by atoms with Crippen molar-refractivity contribution in [3.63, 3.8) is 0 Å². The fraction of sp³-hybridized carbons (Fsp3) is 0.765. The Bertz CT molecular complexity index is 487. The van der Waals surface area contributed by atoms with E-state index in [9.17, 15) is 4.79 Å². The van der Waals surface area contributed by atoms with Gasteiger partial charge in [-0.05, 0) is 46.6 Å². The van der Waals surface area contributed by atoms with Crippen molar-refractivity contribution >= 4 is 6.09 Å². The van der Waals surface area contributed by atoms with Crippen LogP contribution in [0.4, 0.5) is 4.79 Å². The van der Waals surface area contributed by atoms with Crippen molar-refractivity contribution in [2.45, 2.75) is 78.6 Å². The number of nitrogens with zero attached hydrogens (tertiary/aromatic N) is 2. The van der Waals surface area contributed by atoms with Gasteiger partial charge in [-0.25, -0.2) is 4.79 Å². The van der Waals surface area contributed by atoms with Gasteiger partial charge in [-0.1, -0.05) is 13.8 Å². The van der Waals surface area contributed by atoms with Crippen molar-refractivity contribution in [3.05, 3.63) is 18.0 Å². The van der Waals surface area contributed by atoms with Gasteiger partial charge in [0, 0.05) is 25.8 Å². The quantitative estimate of drug-likeness (QED) is 0.771. The van der Waals surface area contributed by atoms with Crippen LogP contribution in [0, 0.1) is 0 Å². The molecule has 6 heteroatoms. The standard InChI is InChI=1S/C17H32N4O2/c1-7-17(8-2,20-15(22)23-16(4,5)6)13-18-12-14-10-11-19-21(14)9-3/h10-11,18H,7-9,12-13H2,1-6H3,(H,20,22). The lowest BCUT2D eigenvalue weighted by atomic mass is 9.93. The number of aromatic nitrogens is 2. The summed E-state index contributed by atoms with van der Waals surface area (Å²) in [6.07, 6.45) is 3.12. The van der Waals surface area contributed by atoms with Gasteiger partial charge in [-0.3, -0.25) is 4.68 Å². The average molecular weight is 324 g/mol. The Morgan fingerprint density at radius 3 is 2.43 bits per heavy atom. The average Bonchev–Trinajstić information content (AvgIpc) is 2.91. The van der Waals surface area contributed by atoms with Crippen LogP contribution in [0.15, 0.2) is 12.3 Å². The maximum absolute atomic E-state index is 12.1. The molecule has 0 radical (unpaired) electrons. The highest BCUT2D eigenvalue weighted by molar-refractivity contribution is 5.68. The van der Waals surface area contributed by atoms with Crippen LogP contribution in [0.3, 0.4) is 0 Å². The lowest BCUT2D eigenvalue weighted by Crippen LogP contribution is -2.55. The van der Waals surface area contributed by atoms with Gasteiger partial charge in [-0.15, -0.1) is 0 Å². The Labute approximate surface area is 140 Å². The van der Waals surface area contributed by atoms with Gasteiger partial charge >= 0.3 is 6.09 Å².